The maximum atomic E-state index is 2.76. The van der Waals surface area contributed by atoms with E-state index in [-0.39, 0.29) is 44.6 Å². The number of para-hydroxylation sites is 2. The molecule has 0 saturated heterocycles. The second-order valence-electron chi connectivity index (χ2n) is 30.9. The third-order valence-corrected chi connectivity index (χ3v) is 20.4. The van der Waals surface area contributed by atoms with Gasteiger partial charge in [-0.1, -0.05) is 178 Å². The van der Waals surface area contributed by atoms with E-state index in [0.717, 1.165) is 36.3 Å². The average Bonchev–Trinajstić information content (AvgIpc) is 3.87. The van der Waals surface area contributed by atoms with Crippen LogP contribution in [0.4, 0.5) is 51.2 Å². The first-order chi connectivity index (χ1) is 38.0. The standard InChI is InChI=1S/C76H83BN4/c1-70(2,3)46-28-31-61-53(36-46)54-37-47(71(4,5)6)39-65-68(54)80(61)66-40-48(72(7,8)9)38-60-69(66)81(65)64-43-52(78(49-24-20-18-21-25-49)50-26-22-19-23-27-50)42-63-67(64)77(60)59-44-57-58(76(16,17)35-34-75(57,14)15)45-62(59)79(63)51-29-30-55-56(41-51)74(12,13)33-32-73(55,10)11/h18-31,36-45H,32-35H2,1-17H3. The average molecular weight is 1060 g/mol. The van der Waals surface area contributed by atoms with Gasteiger partial charge >= 0.3 is 0 Å². The van der Waals surface area contributed by atoms with Crippen LogP contribution >= 0.6 is 0 Å². The number of anilines is 9. The van der Waals surface area contributed by atoms with Gasteiger partial charge in [-0.05, 0) is 204 Å². The zero-order valence-corrected chi connectivity index (χ0v) is 51.6. The monoisotopic (exact) mass is 1060 g/mol. The second kappa shape index (κ2) is 16.8. The van der Waals surface area contributed by atoms with Crippen LogP contribution in [0.2, 0.25) is 0 Å². The zero-order chi connectivity index (χ0) is 57.0. The van der Waals surface area contributed by atoms with Crippen molar-refractivity contribution in [3.05, 3.63) is 185 Å². The van der Waals surface area contributed by atoms with E-state index in [1.54, 1.807) is 0 Å². The van der Waals surface area contributed by atoms with Crippen LogP contribution in [0.15, 0.2) is 146 Å². The molecule has 14 rings (SSSR count). The highest BCUT2D eigenvalue weighted by Gasteiger charge is 2.50. The molecule has 5 aliphatic rings. The summed E-state index contributed by atoms with van der Waals surface area (Å²) in [6, 6.07) is 58.0. The molecule has 0 bridgehead atoms. The SMILES string of the molecule is CC(C)(C)c1cc2c3c(c1)-n1c4ccc(C(C)(C)C)cc4c4cc(C(C)(C)C)cc(c41)N3c1cc(N(c3ccccc3)c3ccccc3)cc3c1B2c1cc2c(cc1N3c1ccc3c(c1)C(C)(C)CCC3(C)C)C(C)(C)CCC2(C)C. The summed E-state index contributed by atoms with van der Waals surface area (Å²) >= 11 is 0. The molecule has 0 spiro atoms. The molecule has 4 heterocycles. The summed E-state index contributed by atoms with van der Waals surface area (Å²) in [5.41, 5.74) is 28.7. The molecule has 8 aromatic carbocycles. The Morgan fingerprint density at radius 1 is 0.395 bits per heavy atom. The molecule has 5 heteroatoms. The molecule has 3 aliphatic heterocycles. The second-order valence-corrected chi connectivity index (χ2v) is 30.9. The summed E-state index contributed by atoms with van der Waals surface area (Å²) in [5.74, 6) is 0. The summed E-state index contributed by atoms with van der Waals surface area (Å²) in [5, 5.41) is 2.64. The molecule has 0 amide bonds. The van der Waals surface area contributed by atoms with E-state index in [1.807, 2.05) is 0 Å². The van der Waals surface area contributed by atoms with Crippen molar-refractivity contribution >= 4 is 96.1 Å². The number of hydrogen-bond donors (Lipinski definition) is 0. The summed E-state index contributed by atoms with van der Waals surface area (Å²) in [7, 11) is 0. The summed E-state index contributed by atoms with van der Waals surface area (Å²) < 4.78 is 2.68. The molecule has 1 aromatic heterocycles. The summed E-state index contributed by atoms with van der Waals surface area (Å²) in [4.78, 5) is 8.01. The van der Waals surface area contributed by atoms with Gasteiger partial charge in [-0.15, -0.1) is 0 Å². The van der Waals surface area contributed by atoms with Gasteiger partial charge in [0, 0.05) is 44.9 Å². The van der Waals surface area contributed by atoms with E-state index in [9.17, 15) is 0 Å². The lowest BCUT2D eigenvalue weighted by Gasteiger charge is -2.49. The molecule has 0 radical (unpaired) electrons. The minimum atomic E-state index is -0.137. The van der Waals surface area contributed by atoms with Gasteiger partial charge in [0.2, 0.25) is 0 Å². The van der Waals surface area contributed by atoms with Crippen molar-refractivity contribution in [1.29, 1.82) is 0 Å². The van der Waals surface area contributed by atoms with Gasteiger partial charge in [-0.3, -0.25) is 0 Å². The topological polar surface area (TPSA) is 14.7 Å². The van der Waals surface area contributed by atoms with Gasteiger partial charge in [0.05, 0.1) is 33.8 Å². The van der Waals surface area contributed by atoms with Crippen molar-refractivity contribution in [2.75, 3.05) is 14.7 Å². The fourth-order valence-corrected chi connectivity index (χ4v) is 15.2. The Balaban J connectivity index is 1.20. The minimum Gasteiger partial charge on any atom is -0.311 e. The lowest BCUT2D eigenvalue weighted by atomic mass is 9.32. The Morgan fingerprint density at radius 3 is 1.48 bits per heavy atom. The predicted octanol–water partition coefficient (Wildman–Crippen LogP) is 19.2. The lowest BCUT2D eigenvalue weighted by Crippen LogP contribution is -2.62. The van der Waals surface area contributed by atoms with Crippen LogP contribution in [0.1, 0.15) is 182 Å². The quantitative estimate of drug-likeness (QED) is 0.163. The molecule has 0 atom stereocenters. The largest absolute Gasteiger partial charge is 0.311 e. The van der Waals surface area contributed by atoms with E-state index in [2.05, 4.69) is 283 Å². The van der Waals surface area contributed by atoms with Crippen LogP contribution in [-0.2, 0) is 37.9 Å². The Hall–Kier alpha value is -6.98. The maximum Gasteiger partial charge on any atom is 0.252 e. The fourth-order valence-electron chi connectivity index (χ4n) is 15.2. The highest BCUT2D eigenvalue weighted by Crippen LogP contribution is 2.58. The summed E-state index contributed by atoms with van der Waals surface area (Å²) in [6.45, 7) is 41.3. The zero-order valence-electron chi connectivity index (χ0n) is 51.6. The first kappa shape index (κ1) is 52.1. The fraction of sp³-hybridized carbons (Fsp3) is 0.368. The minimum absolute atomic E-state index is 0.00221. The van der Waals surface area contributed by atoms with Crippen LogP contribution < -0.4 is 31.1 Å². The molecule has 9 aromatic rings. The third kappa shape index (κ3) is 7.68. The van der Waals surface area contributed by atoms with Crippen molar-refractivity contribution in [3.63, 3.8) is 0 Å². The molecular weight excluding hydrogens is 980 g/mol. The lowest BCUT2D eigenvalue weighted by molar-refractivity contribution is 0.332. The van der Waals surface area contributed by atoms with Crippen LogP contribution in [0.5, 0.6) is 0 Å². The van der Waals surface area contributed by atoms with Crippen LogP contribution in [0.3, 0.4) is 0 Å². The number of nitrogens with zero attached hydrogens (tertiary/aromatic N) is 4. The summed E-state index contributed by atoms with van der Waals surface area (Å²) in [6.07, 6.45) is 4.63. The van der Waals surface area contributed by atoms with Gasteiger partial charge in [0.1, 0.15) is 0 Å². The van der Waals surface area contributed by atoms with E-state index >= 15 is 0 Å². The first-order valence-corrected chi connectivity index (χ1v) is 30.4. The Labute approximate surface area is 484 Å². The van der Waals surface area contributed by atoms with Gasteiger partial charge < -0.3 is 19.3 Å². The van der Waals surface area contributed by atoms with Crippen LogP contribution in [0, 0.1) is 0 Å². The van der Waals surface area contributed by atoms with Crippen LogP contribution in [0.25, 0.3) is 27.5 Å². The molecule has 0 unspecified atom stereocenters. The Kier molecular flexibility index (Phi) is 10.8. The highest BCUT2D eigenvalue weighted by molar-refractivity contribution is 7.00. The molecule has 0 fully saturated rings. The molecule has 2 aliphatic carbocycles. The molecule has 410 valence electrons. The maximum absolute atomic E-state index is 2.76. The Bertz CT molecular complexity index is 4090. The Morgan fingerprint density at radius 2 is 0.901 bits per heavy atom. The van der Waals surface area contributed by atoms with Gasteiger partial charge in [-0.25, -0.2) is 0 Å². The molecule has 81 heavy (non-hydrogen) atoms. The van der Waals surface area contributed by atoms with Gasteiger partial charge in [0.25, 0.3) is 6.71 Å². The molecule has 0 N–H and O–H groups in total. The number of fused-ring (bicyclic) bond motifs is 11. The molecule has 4 nitrogen and oxygen atoms in total. The van der Waals surface area contributed by atoms with Gasteiger partial charge in [0.15, 0.2) is 0 Å². The predicted molar refractivity (Wildman–Crippen MR) is 350 cm³/mol. The van der Waals surface area contributed by atoms with Crippen molar-refractivity contribution in [1.82, 2.24) is 4.57 Å². The van der Waals surface area contributed by atoms with E-state index < -0.39 is 0 Å². The van der Waals surface area contributed by atoms with Crippen molar-refractivity contribution in [2.24, 2.45) is 0 Å². The highest BCUT2D eigenvalue weighted by atomic mass is 15.2. The van der Waals surface area contributed by atoms with Crippen molar-refractivity contribution in [3.8, 4) is 5.69 Å². The number of aromatic nitrogens is 1. The molecule has 0 saturated carbocycles. The smallest absolute Gasteiger partial charge is 0.252 e. The van der Waals surface area contributed by atoms with Crippen molar-refractivity contribution in [2.45, 2.75) is 181 Å². The molecular formula is C76H83BN4. The van der Waals surface area contributed by atoms with E-state index in [4.69, 9.17) is 0 Å². The number of rotatable bonds is 4. The van der Waals surface area contributed by atoms with E-state index in [0.29, 0.717) is 0 Å². The van der Waals surface area contributed by atoms with Crippen LogP contribution in [-0.4, -0.2) is 11.3 Å². The third-order valence-electron chi connectivity index (χ3n) is 20.4. The normalized spacial score (nSPS) is 17.8. The van der Waals surface area contributed by atoms with Crippen molar-refractivity contribution < 1.29 is 0 Å². The first-order valence-electron chi connectivity index (χ1n) is 30.4. The van der Waals surface area contributed by atoms with Gasteiger partial charge in [-0.2, -0.15) is 0 Å². The number of hydrogen-bond acceptors (Lipinski definition) is 3. The van der Waals surface area contributed by atoms with E-state index in [1.165, 1.54) is 123 Å². The number of benzene rings is 8.